The number of nitrogens with two attached hydrogens (primary N) is 1. The van der Waals surface area contributed by atoms with Crippen molar-refractivity contribution < 1.29 is 9.53 Å². The van der Waals surface area contributed by atoms with E-state index in [0.29, 0.717) is 24.5 Å². The van der Waals surface area contributed by atoms with E-state index in [0.717, 1.165) is 12.1 Å². The molecule has 1 aliphatic heterocycles. The summed E-state index contributed by atoms with van der Waals surface area (Å²) < 4.78 is 5.22. The minimum atomic E-state index is -0.0949. The molecule has 98 valence electrons. The molecule has 1 aromatic carbocycles. The van der Waals surface area contributed by atoms with E-state index in [2.05, 4.69) is 5.32 Å². The van der Waals surface area contributed by atoms with E-state index in [1.54, 1.807) is 12.1 Å². The zero-order chi connectivity index (χ0) is 13.1. The predicted molar refractivity (Wildman–Crippen MR) is 71.9 cm³/mol. The van der Waals surface area contributed by atoms with Gasteiger partial charge >= 0.3 is 0 Å². The molecule has 2 rings (SSSR count). The van der Waals surface area contributed by atoms with E-state index in [4.69, 9.17) is 10.5 Å². The number of nitrogen functional groups attached to an aromatic ring is 1. The molecular formula is C13H19N3O2. The van der Waals surface area contributed by atoms with E-state index >= 15 is 0 Å². The van der Waals surface area contributed by atoms with Crippen molar-refractivity contribution in [3.05, 3.63) is 23.8 Å². The Hall–Kier alpha value is -1.75. The van der Waals surface area contributed by atoms with E-state index < -0.39 is 0 Å². The van der Waals surface area contributed by atoms with Crippen LogP contribution >= 0.6 is 0 Å². The summed E-state index contributed by atoms with van der Waals surface area (Å²) in [7, 11) is 3.84. The molecule has 0 aromatic heterocycles. The van der Waals surface area contributed by atoms with E-state index in [1.807, 2.05) is 25.1 Å². The van der Waals surface area contributed by atoms with Crippen LogP contribution in [0.1, 0.15) is 16.8 Å². The standard InChI is InChI=1S/C13H19N3O2/c1-16(2)12-4-3-9(7-11(12)14)13(17)15-10-5-6-18-8-10/h3-4,7,10H,5-6,8,14H2,1-2H3,(H,15,17). The number of ether oxygens (including phenoxy) is 1. The Morgan fingerprint density at radius 2 is 2.28 bits per heavy atom. The molecule has 1 saturated heterocycles. The van der Waals surface area contributed by atoms with Crippen LogP contribution in [0.2, 0.25) is 0 Å². The fourth-order valence-corrected chi connectivity index (χ4v) is 2.02. The van der Waals surface area contributed by atoms with Crippen molar-refractivity contribution >= 4 is 17.3 Å². The Kier molecular flexibility index (Phi) is 3.72. The van der Waals surface area contributed by atoms with Crippen LogP contribution in [0.25, 0.3) is 0 Å². The molecule has 0 aliphatic carbocycles. The van der Waals surface area contributed by atoms with Crippen molar-refractivity contribution in [2.45, 2.75) is 12.5 Å². The highest BCUT2D eigenvalue weighted by Gasteiger charge is 2.19. The third kappa shape index (κ3) is 2.73. The number of benzene rings is 1. The maximum atomic E-state index is 12.0. The van der Waals surface area contributed by atoms with E-state index in [9.17, 15) is 4.79 Å². The molecular weight excluding hydrogens is 230 g/mol. The first-order chi connectivity index (χ1) is 8.58. The number of nitrogens with one attached hydrogen (secondary N) is 1. The number of hydrogen-bond donors (Lipinski definition) is 2. The van der Waals surface area contributed by atoms with Gasteiger partial charge in [0.15, 0.2) is 0 Å². The van der Waals surface area contributed by atoms with Crippen molar-refractivity contribution in [3.63, 3.8) is 0 Å². The zero-order valence-corrected chi connectivity index (χ0v) is 10.8. The van der Waals surface area contributed by atoms with Gasteiger partial charge in [-0.15, -0.1) is 0 Å². The van der Waals surface area contributed by atoms with Gasteiger partial charge in [0.05, 0.1) is 24.0 Å². The largest absolute Gasteiger partial charge is 0.397 e. The smallest absolute Gasteiger partial charge is 0.251 e. The lowest BCUT2D eigenvalue weighted by molar-refractivity contribution is 0.0930. The van der Waals surface area contributed by atoms with Crippen LogP contribution < -0.4 is 16.0 Å². The summed E-state index contributed by atoms with van der Waals surface area (Å²) >= 11 is 0. The Bertz CT molecular complexity index is 440. The summed E-state index contributed by atoms with van der Waals surface area (Å²) in [4.78, 5) is 13.9. The Morgan fingerprint density at radius 3 is 2.83 bits per heavy atom. The molecule has 0 spiro atoms. The molecule has 1 unspecified atom stereocenters. The number of hydrogen-bond acceptors (Lipinski definition) is 4. The molecule has 0 bridgehead atoms. The average Bonchev–Trinajstić information content (AvgIpc) is 2.81. The van der Waals surface area contributed by atoms with Crippen LogP contribution in [0.5, 0.6) is 0 Å². The van der Waals surface area contributed by atoms with Crippen molar-refractivity contribution in [3.8, 4) is 0 Å². The normalized spacial score (nSPS) is 18.7. The SMILES string of the molecule is CN(C)c1ccc(C(=O)NC2CCOC2)cc1N. The molecule has 1 aromatic rings. The molecule has 5 nitrogen and oxygen atoms in total. The highest BCUT2D eigenvalue weighted by molar-refractivity contribution is 5.96. The van der Waals surface area contributed by atoms with Gasteiger partial charge in [-0.3, -0.25) is 4.79 Å². The fraction of sp³-hybridized carbons (Fsp3) is 0.462. The number of amides is 1. The molecule has 3 N–H and O–H groups in total. The molecule has 0 saturated carbocycles. The van der Waals surface area contributed by atoms with Gasteiger partial charge < -0.3 is 20.7 Å². The van der Waals surface area contributed by atoms with Gasteiger partial charge in [-0.05, 0) is 24.6 Å². The van der Waals surface area contributed by atoms with Crippen molar-refractivity contribution in [1.82, 2.24) is 5.32 Å². The van der Waals surface area contributed by atoms with Crippen LogP contribution in [0.3, 0.4) is 0 Å². The lowest BCUT2D eigenvalue weighted by atomic mass is 10.1. The van der Waals surface area contributed by atoms with Gasteiger partial charge in [0.2, 0.25) is 0 Å². The van der Waals surface area contributed by atoms with Crippen LogP contribution in [-0.4, -0.2) is 39.3 Å². The van der Waals surface area contributed by atoms with Crippen molar-refractivity contribution in [1.29, 1.82) is 0 Å². The summed E-state index contributed by atoms with van der Waals surface area (Å²) in [5.74, 6) is -0.0949. The first-order valence-electron chi connectivity index (χ1n) is 6.03. The molecule has 18 heavy (non-hydrogen) atoms. The van der Waals surface area contributed by atoms with Gasteiger partial charge in [0, 0.05) is 26.3 Å². The van der Waals surface area contributed by atoms with Crippen LogP contribution in [0.15, 0.2) is 18.2 Å². The maximum Gasteiger partial charge on any atom is 0.251 e. The van der Waals surface area contributed by atoms with Gasteiger partial charge in [-0.1, -0.05) is 0 Å². The molecule has 1 amide bonds. The highest BCUT2D eigenvalue weighted by Crippen LogP contribution is 2.22. The number of carbonyl (C=O) groups excluding carboxylic acids is 1. The number of carbonyl (C=O) groups is 1. The van der Waals surface area contributed by atoms with Crippen molar-refractivity contribution in [2.75, 3.05) is 37.9 Å². The zero-order valence-electron chi connectivity index (χ0n) is 10.8. The molecule has 1 heterocycles. The summed E-state index contributed by atoms with van der Waals surface area (Å²) in [5, 5.41) is 2.94. The molecule has 1 aliphatic rings. The Balaban J connectivity index is 2.08. The highest BCUT2D eigenvalue weighted by atomic mass is 16.5. The van der Waals surface area contributed by atoms with Gasteiger partial charge in [0.25, 0.3) is 5.91 Å². The second-order valence-corrected chi connectivity index (χ2v) is 4.70. The molecule has 1 atom stereocenters. The number of nitrogens with zero attached hydrogens (tertiary/aromatic N) is 1. The van der Waals surface area contributed by atoms with Crippen LogP contribution in [-0.2, 0) is 4.74 Å². The maximum absolute atomic E-state index is 12.0. The third-order valence-electron chi connectivity index (χ3n) is 3.04. The summed E-state index contributed by atoms with van der Waals surface area (Å²) in [6, 6.07) is 5.47. The molecule has 1 fully saturated rings. The van der Waals surface area contributed by atoms with Crippen LogP contribution in [0.4, 0.5) is 11.4 Å². The van der Waals surface area contributed by atoms with Crippen molar-refractivity contribution in [2.24, 2.45) is 0 Å². The Labute approximate surface area is 107 Å². The van der Waals surface area contributed by atoms with Gasteiger partial charge in [-0.25, -0.2) is 0 Å². The lowest BCUT2D eigenvalue weighted by Crippen LogP contribution is -2.35. The van der Waals surface area contributed by atoms with Crippen LogP contribution in [0, 0.1) is 0 Å². The summed E-state index contributed by atoms with van der Waals surface area (Å²) in [6.45, 7) is 1.31. The fourth-order valence-electron chi connectivity index (χ4n) is 2.02. The topological polar surface area (TPSA) is 67.6 Å². The van der Waals surface area contributed by atoms with Gasteiger partial charge in [0.1, 0.15) is 0 Å². The first kappa shape index (κ1) is 12.7. The quantitative estimate of drug-likeness (QED) is 0.779. The predicted octanol–water partition coefficient (Wildman–Crippen LogP) is 0.853. The molecule has 5 heteroatoms. The summed E-state index contributed by atoms with van der Waals surface area (Å²) in [6.07, 6.45) is 0.872. The second kappa shape index (κ2) is 5.27. The minimum absolute atomic E-state index is 0.0949. The number of anilines is 2. The first-order valence-corrected chi connectivity index (χ1v) is 6.03. The average molecular weight is 249 g/mol. The van der Waals surface area contributed by atoms with Gasteiger partial charge in [-0.2, -0.15) is 0 Å². The number of rotatable bonds is 3. The third-order valence-corrected chi connectivity index (χ3v) is 3.04. The van der Waals surface area contributed by atoms with E-state index in [-0.39, 0.29) is 11.9 Å². The molecule has 0 radical (unpaired) electrons. The Morgan fingerprint density at radius 1 is 1.50 bits per heavy atom. The second-order valence-electron chi connectivity index (χ2n) is 4.70. The monoisotopic (exact) mass is 249 g/mol. The minimum Gasteiger partial charge on any atom is -0.397 e. The lowest BCUT2D eigenvalue weighted by Gasteiger charge is -2.16. The summed E-state index contributed by atoms with van der Waals surface area (Å²) in [5.41, 5.74) is 8.03. The van der Waals surface area contributed by atoms with E-state index in [1.165, 1.54) is 0 Å².